The predicted molar refractivity (Wildman–Crippen MR) is 76.2 cm³/mol. The van der Waals surface area contributed by atoms with E-state index in [0.29, 0.717) is 25.9 Å². The molecule has 7 nitrogen and oxygen atoms in total. The van der Waals surface area contributed by atoms with E-state index in [2.05, 4.69) is 15.3 Å². The standard InChI is InChI=1S/C14H18N6O/c15-12-9-19(10-13(12)20-8-7-17-18-20)14(21)5-4-11-3-1-2-6-16-11/h1-3,6-8,12-13H,4-5,9-10,15H2/t12-,13+/m1/s1. The third-order valence-electron chi connectivity index (χ3n) is 3.79. The van der Waals surface area contributed by atoms with E-state index in [0.717, 1.165) is 5.69 Å². The Morgan fingerprint density at radius 1 is 1.33 bits per heavy atom. The molecule has 0 radical (unpaired) electrons. The Balaban J connectivity index is 1.57. The number of carbonyl (C=O) groups is 1. The van der Waals surface area contributed by atoms with Crippen LogP contribution in [0.15, 0.2) is 36.8 Å². The minimum Gasteiger partial charge on any atom is -0.339 e. The third kappa shape index (κ3) is 3.08. The summed E-state index contributed by atoms with van der Waals surface area (Å²) in [5.41, 5.74) is 7.04. The average Bonchev–Trinajstić information content (AvgIpc) is 3.15. The highest BCUT2D eigenvalue weighted by atomic mass is 16.2. The van der Waals surface area contributed by atoms with Crippen LogP contribution in [-0.4, -0.2) is 49.9 Å². The summed E-state index contributed by atoms with van der Waals surface area (Å²) < 4.78 is 1.73. The Morgan fingerprint density at radius 3 is 2.95 bits per heavy atom. The van der Waals surface area contributed by atoms with Gasteiger partial charge in [-0.25, -0.2) is 4.68 Å². The smallest absolute Gasteiger partial charge is 0.223 e. The first-order chi connectivity index (χ1) is 10.2. The van der Waals surface area contributed by atoms with Gasteiger partial charge in [0.05, 0.1) is 12.2 Å². The van der Waals surface area contributed by atoms with Crippen LogP contribution in [-0.2, 0) is 11.2 Å². The minimum absolute atomic E-state index is 0.00583. The fourth-order valence-corrected chi connectivity index (χ4v) is 2.63. The van der Waals surface area contributed by atoms with Crippen molar-refractivity contribution < 1.29 is 4.79 Å². The van der Waals surface area contributed by atoms with E-state index < -0.39 is 0 Å². The molecule has 110 valence electrons. The van der Waals surface area contributed by atoms with Gasteiger partial charge < -0.3 is 10.6 Å². The number of nitrogens with two attached hydrogens (primary N) is 1. The van der Waals surface area contributed by atoms with Gasteiger partial charge >= 0.3 is 0 Å². The number of amides is 1. The van der Waals surface area contributed by atoms with Crippen molar-refractivity contribution in [2.75, 3.05) is 13.1 Å². The van der Waals surface area contributed by atoms with E-state index >= 15 is 0 Å². The van der Waals surface area contributed by atoms with E-state index in [4.69, 9.17) is 5.73 Å². The van der Waals surface area contributed by atoms with Crippen molar-refractivity contribution in [3.8, 4) is 0 Å². The quantitative estimate of drug-likeness (QED) is 0.855. The molecule has 1 aliphatic rings. The summed E-state index contributed by atoms with van der Waals surface area (Å²) in [7, 11) is 0. The van der Waals surface area contributed by atoms with Crippen molar-refractivity contribution >= 4 is 5.91 Å². The number of likely N-dealkylation sites (tertiary alicyclic amines) is 1. The van der Waals surface area contributed by atoms with Gasteiger partial charge in [-0.15, -0.1) is 5.10 Å². The van der Waals surface area contributed by atoms with Crippen molar-refractivity contribution in [3.05, 3.63) is 42.5 Å². The summed E-state index contributed by atoms with van der Waals surface area (Å²) in [4.78, 5) is 18.3. The molecule has 0 saturated carbocycles. The Bertz CT molecular complexity index is 585. The zero-order valence-electron chi connectivity index (χ0n) is 11.7. The molecule has 0 aromatic carbocycles. The molecule has 1 fully saturated rings. The molecular formula is C14H18N6O. The highest BCUT2D eigenvalue weighted by molar-refractivity contribution is 5.76. The van der Waals surface area contributed by atoms with E-state index in [-0.39, 0.29) is 18.0 Å². The molecule has 0 unspecified atom stereocenters. The maximum Gasteiger partial charge on any atom is 0.223 e. The molecular weight excluding hydrogens is 268 g/mol. The second-order valence-corrected chi connectivity index (χ2v) is 5.23. The molecule has 21 heavy (non-hydrogen) atoms. The molecule has 1 saturated heterocycles. The number of aryl methyl sites for hydroxylation is 1. The number of hydrogen-bond donors (Lipinski definition) is 1. The van der Waals surface area contributed by atoms with Gasteiger partial charge in [-0.1, -0.05) is 11.3 Å². The summed E-state index contributed by atoms with van der Waals surface area (Å²) in [5, 5.41) is 7.77. The number of hydrogen-bond acceptors (Lipinski definition) is 5. The van der Waals surface area contributed by atoms with Crippen molar-refractivity contribution in [1.82, 2.24) is 24.9 Å². The summed E-state index contributed by atoms with van der Waals surface area (Å²) in [6.45, 7) is 1.15. The molecule has 0 bridgehead atoms. The van der Waals surface area contributed by atoms with Gasteiger partial charge in [0, 0.05) is 43.6 Å². The van der Waals surface area contributed by atoms with E-state index in [9.17, 15) is 4.79 Å². The van der Waals surface area contributed by atoms with Gasteiger partial charge in [-0.05, 0) is 18.6 Å². The summed E-state index contributed by atoms with van der Waals surface area (Å²) in [6.07, 6.45) is 6.25. The van der Waals surface area contributed by atoms with Crippen LogP contribution in [0.3, 0.4) is 0 Å². The molecule has 0 spiro atoms. The Kier molecular flexibility index (Phi) is 3.92. The van der Waals surface area contributed by atoms with Crippen LogP contribution in [0.4, 0.5) is 0 Å². The lowest BCUT2D eigenvalue weighted by Crippen LogP contribution is -2.33. The molecule has 7 heteroatoms. The number of aromatic nitrogens is 4. The fourth-order valence-electron chi connectivity index (χ4n) is 2.63. The predicted octanol–water partition coefficient (Wildman–Crippen LogP) is 0.0165. The third-order valence-corrected chi connectivity index (χ3v) is 3.79. The highest BCUT2D eigenvalue weighted by Crippen LogP contribution is 2.20. The number of pyridine rings is 1. The average molecular weight is 286 g/mol. The van der Waals surface area contributed by atoms with Crippen LogP contribution >= 0.6 is 0 Å². The van der Waals surface area contributed by atoms with Crippen molar-refractivity contribution in [2.24, 2.45) is 5.73 Å². The lowest BCUT2D eigenvalue weighted by Gasteiger charge is -2.16. The van der Waals surface area contributed by atoms with Crippen LogP contribution < -0.4 is 5.73 Å². The minimum atomic E-state index is -0.106. The van der Waals surface area contributed by atoms with Crippen LogP contribution in [0, 0.1) is 0 Å². The highest BCUT2D eigenvalue weighted by Gasteiger charge is 2.34. The SMILES string of the molecule is N[C@@H]1CN(C(=O)CCc2ccccn2)C[C@@H]1n1ccnn1. The molecule has 2 aromatic heterocycles. The first kappa shape index (κ1) is 13.7. The van der Waals surface area contributed by atoms with Crippen molar-refractivity contribution in [1.29, 1.82) is 0 Å². The molecule has 2 aromatic rings. The maximum atomic E-state index is 12.3. The first-order valence-corrected chi connectivity index (χ1v) is 7.03. The van der Waals surface area contributed by atoms with Crippen LogP contribution in [0.2, 0.25) is 0 Å². The first-order valence-electron chi connectivity index (χ1n) is 7.03. The van der Waals surface area contributed by atoms with E-state index in [1.807, 2.05) is 18.2 Å². The fraction of sp³-hybridized carbons (Fsp3) is 0.429. The second kappa shape index (κ2) is 6.01. The Morgan fingerprint density at radius 2 is 2.24 bits per heavy atom. The van der Waals surface area contributed by atoms with Crippen LogP contribution in [0.25, 0.3) is 0 Å². The lowest BCUT2D eigenvalue weighted by molar-refractivity contribution is -0.130. The molecule has 3 rings (SSSR count). The normalized spacial score (nSPS) is 21.7. The monoisotopic (exact) mass is 286 g/mol. The van der Waals surface area contributed by atoms with Gasteiger partial charge in [0.1, 0.15) is 0 Å². The zero-order chi connectivity index (χ0) is 14.7. The summed E-state index contributed by atoms with van der Waals surface area (Å²) in [5.74, 6) is 0.110. The molecule has 1 amide bonds. The molecule has 2 N–H and O–H groups in total. The number of rotatable bonds is 4. The number of carbonyl (C=O) groups excluding carboxylic acids is 1. The largest absolute Gasteiger partial charge is 0.339 e. The van der Waals surface area contributed by atoms with Gasteiger partial charge in [-0.3, -0.25) is 9.78 Å². The maximum absolute atomic E-state index is 12.3. The summed E-state index contributed by atoms with van der Waals surface area (Å²) in [6, 6.07) is 5.63. The molecule has 3 heterocycles. The topological polar surface area (TPSA) is 89.9 Å². The second-order valence-electron chi connectivity index (χ2n) is 5.23. The molecule has 2 atom stereocenters. The molecule has 0 aliphatic carbocycles. The Labute approximate surface area is 122 Å². The van der Waals surface area contributed by atoms with E-state index in [1.165, 1.54) is 0 Å². The van der Waals surface area contributed by atoms with Crippen molar-refractivity contribution in [2.45, 2.75) is 24.9 Å². The zero-order valence-corrected chi connectivity index (χ0v) is 11.7. The van der Waals surface area contributed by atoms with Gasteiger partial charge in [0.2, 0.25) is 5.91 Å². The molecule has 1 aliphatic heterocycles. The van der Waals surface area contributed by atoms with Gasteiger partial charge in [-0.2, -0.15) is 0 Å². The van der Waals surface area contributed by atoms with Crippen LogP contribution in [0.5, 0.6) is 0 Å². The Hall–Kier alpha value is -2.28. The van der Waals surface area contributed by atoms with Crippen LogP contribution in [0.1, 0.15) is 18.2 Å². The number of nitrogens with zero attached hydrogens (tertiary/aromatic N) is 5. The van der Waals surface area contributed by atoms with Gasteiger partial charge in [0.25, 0.3) is 0 Å². The van der Waals surface area contributed by atoms with E-state index in [1.54, 1.807) is 28.2 Å². The van der Waals surface area contributed by atoms with Gasteiger partial charge in [0.15, 0.2) is 0 Å². The summed E-state index contributed by atoms with van der Waals surface area (Å²) >= 11 is 0. The lowest BCUT2D eigenvalue weighted by atomic mass is 10.2. The van der Waals surface area contributed by atoms with Crippen molar-refractivity contribution in [3.63, 3.8) is 0 Å².